The molecule has 1 aliphatic carbocycles. The fraction of sp³-hybridized carbons (Fsp3) is 0.714. The van der Waals surface area contributed by atoms with Crippen LogP contribution < -0.4 is 0 Å². The number of ether oxygens (including phenoxy) is 1. The van der Waals surface area contributed by atoms with Crippen LogP contribution in [-0.2, 0) is 17.7 Å². The quantitative estimate of drug-likeness (QED) is 0.799. The van der Waals surface area contributed by atoms with Gasteiger partial charge in [0.1, 0.15) is 0 Å². The first-order valence-corrected chi connectivity index (χ1v) is 6.60. The number of hydrogen-bond donors (Lipinski definition) is 1. The zero-order chi connectivity index (χ0) is 12.3. The number of hydrogen-bond acceptors (Lipinski definition) is 2. The standard InChI is InChI=1S/C14H23NO2/c1-11-10-12-13(6-5-7-14(12)16)15(11)8-3-4-9-17-2/h10,14,16H,3-9H2,1-2H3. The van der Waals surface area contributed by atoms with Gasteiger partial charge in [-0.15, -0.1) is 0 Å². The molecule has 1 aliphatic rings. The molecule has 0 saturated carbocycles. The summed E-state index contributed by atoms with van der Waals surface area (Å²) in [5.41, 5.74) is 3.81. The SMILES string of the molecule is COCCCCn1c(C)cc2c1CCCC2O. The molecule has 1 aromatic rings. The Morgan fingerprint density at radius 2 is 2.29 bits per heavy atom. The average molecular weight is 237 g/mol. The lowest BCUT2D eigenvalue weighted by molar-refractivity contribution is 0.155. The minimum absolute atomic E-state index is 0.238. The Labute approximate surface area is 103 Å². The number of aliphatic hydroxyl groups is 1. The summed E-state index contributed by atoms with van der Waals surface area (Å²) in [7, 11) is 1.75. The van der Waals surface area contributed by atoms with E-state index in [4.69, 9.17) is 4.74 Å². The Morgan fingerprint density at radius 3 is 3.06 bits per heavy atom. The van der Waals surface area contributed by atoms with E-state index < -0.39 is 0 Å². The van der Waals surface area contributed by atoms with E-state index in [0.717, 1.165) is 45.3 Å². The second kappa shape index (κ2) is 5.69. The third kappa shape index (κ3) is 2.72. The van der Waals surface area contributed by atoms with E-state index in [1.54, 1.807) is 7.11 Å². The summed E-state index contributed by atoms with van der Waals surface area (Å²) in [6.45, 7) is 4.03. The zero-order valence-corrected chi connectivity index (χ0v) is 10.9. The Balaban J connectivity index is 2.06. The normalized spacial score (nSPS) is 19.4. The van der Waals surface area contributed by atoms with Crippen molar-refractivity contribution in [1.29, 1.82) is 0 Å². The second-order valence-electron chi connectivity index (χ2n) is 4.95. The van der Waals surface area contributed by atoms with Gasteiger partial charge in [0.2, 0.25) is 0 Å². The van der Waals surface area contributed by atoms with Crippen LogP contribution in [0.2, 0.25) is 0 Å². The highest BCUT2D eigenvalue weighted by Gasteiger charge is 2.22. The molecule has 0 aromatic carbocycles. The van der Waals surface area contributed by atoms with Crippen LogP contribution in [0.25, 0.3) is 0 Å². The summed E-state index contributed by atoms with van der Waals surface area (Å²) >= 11 is 0. The van der Waals surface area contributed by atoms with Gasteiger partial charge in [-0.25, -0.2) is 0 Å². The number of rotatable bonds is 5. The molecule has 1 aromatic heterocycles. The smallest absolute Gasteiger partial charge is 0.0807 e. The number of aliphatic hydroxyl groups excluding tert-OH is 1. The van der Waals surface area contributed by atoms with Crippen LogP contribution in [-0.4, -0.2) is 23.4 Å². The van der Waals surface area contributed by atoms with Gasteiger partial charge in [-0.05, 0) is 45.1 Å². The maximum atomic E-state index is 9.98. The first-order valence-electron chi connectivity index (χ1n) is 6.60. The van der Waals surface area contributed by atoms with Crippen molar-refractivity contribution < 1.29 is 9.84 Å². The minimum atomic E-state index is -0.238. The molecule has 3 heteroatoms. The average Bonchev–Trinajstić information content (AvgIpc) is 2.63. The molecule has 0 fully saturated rings. The molecule has 1 N–H and O–H groups in total. The molecule has 0 saturated heterocycles. The van der Waals surface area contributed by atoms with Crippen LogP contribution in [0.15, 0.2) is 6.07 Å². The highest BCUT2D eigenvalue weighted by atomic mass is 16.5. The van der Waals surface area contributed by atoms with E-state index in [1.807, 2.05) is 0 Å². The van der Waals surface area contributed by atoms with Gasteiger partial charge in [0.15, 0.2) is 0 Å². The maximum absolute atomic E-state index is 9.98. The molecule has 0 radical (unpaired) electrons. The predicted octanol–water partition coefficient (Wildman–Crippen LogP) is 2.59. The molecule has 3 nitrogen and oxygen atoms in total. The molecule has 96 valence electrons. The largest absolute Gasteiger partial charge is 0.388 e. The maximum Gasteiger partial charge on any atom is 0.0807 e. The summed E-state index contributed by atoms with van der Waals surface area (Å²) in [5, 5.41) is 9.98. The predicted molar refractivity (Wildman–Crippen MR) is 68.2 cm³/mol. The number of fused-ring (bicyclic) bond motifs is 1. The van der Waals surface area contributed by atoms with E-state index in [9.17, 15) is 5.11 Å². The first kappa shape index (κ1) is 12.7. The number of nitrogens with zero attached hydrogens (tertiary/aromatic N) is 1. The van der Waals surface area contributed by atoms with Crippen LogP contribution in [0.3, 0.4) is 0 Å². The lowest BCUT2D eigenvalue weighted by atomic mass is 9.95. The van der Waals surface area contributed by atoms with Gasteiger partial charge in [-0.2, -0.15) is 0 Å². The fourth-order valence-corrected chi connectivity index (χ4v) is 2.77. The molecule has 1 atom stereocenters. The summed E-state index contributed by atoms with van der Waals surface area (Å²) < 4.78 is 7.45. The Kier molecular flexibility index (Phi) is 4.24. The van der Waals surface area contributed by atoms with Crippen molar-refractivity contribution in [3.8, 4) is 0 Å². The summed E-state index contributed by atoms with van der Waals surface area (Å²) in [5.74, 6) is 0. The topological polar surface area (TPSA) is 34.4 Å². The third-order valence-corrected chi connectivity index (χ3v) is 3.68. The second-order valence-corrected chi connectivity index (χ2v) is 4.95. The molecule has 0 amide bonds. The van der Waals surface area contributed by atoms with Gasteiger partial charge in [0.05, 0.1) is 6.10 Å². The molecule has 17 heavy (non-hydrogen) atoms. The number of aromatic nitrogens is 1. The van der Waals surface area contributed by atoms with Crippen molar-refractivity contribution >= 4 is 0 Å². The minimum Gasteiger partial charge on any atom is -0.388 e. The van der Waals surface area contributed by atoms with Gasteiger partial charge in [-0.1, -0.05) is 0 Å². The summed E-state index contributed by atoms with van der Waals surface area (Å²) in [6, 6.07) is 2.16. The van der Waals surface area contributed by atoms with Crippen LogP contribution in [0.5, 0.6) is 0 Å². The number of methoxy groups -OCH3 is 1. The van der Waals surface area contributed by atoms with Crippen molar-refractivity contribution in [3.63, 3.8) is 0 Å². The third-order valence-electron chi connectivity index (χ3n) is 3.68. The van der Waals surface area contributed by atoms with Crippen molar-refractivity contribution in [3.05, 3.63) is 23.0 Å². The molecule has 0 aliphatic heterocycles. The van der Waals surface area contributed by atoms with E-state index in [1.165, 1.54) is 17.0 Å². The van der Waals surface area contributed by atoms with Gasteiger partial charge < -0.3 is 14.4 Å². The lowest BCUT2D eigenvalue weighted by Crippen LogP contribution is -2.13. The number of unbranched alkanes of at least 4 members (excludes halogenated alkanes) is 1. The zero-order valence-electron chi connectivity index (χ0n) is 10.9. The highest BCUT2D eigenvalue weighted by molar-refractivity contribution is 5.31. The highest BCUT2D eigenvalue weighted by Crippen LogP contribution is 2.32. The summed E-state index contributed by atoms with van der Waals surface area (Å²) in [6.07, 6.45) is 5.15. The number of aryl methyl sites for hydroxylation is 1. The van der Waals surface area contributed by atoms with Crippen molar-refractivity contribution in [1.82, 2.24) is 4.57 Å². The molecular formula is C14H23NO2. The molecule has 0 bridgehead atoms. The molecular weight excluding hydrogens is 214 g/mol. The van der Waals surface area contributed by atoms with Gasteiger partial charge >= 0.3 is 0 Å². The van der Waals surface area contributed by atoms with E-state index >= 15 is 0 Å². The van der Waals surface area contributed by atoms with E-state index in [-0.39, 0.29) is 6.10 Å². The van der Waals surface area contributed by atoms with Gasteiger partial charge in [0, 0.05) is 37.2 Å². The monoisotopic (exact) mass is 237 g/mol. The van der Waals surface area contributed by atoms with Crippen molar-refractivity contribution in [2.75, 3.05) is 13.7 Å². The Morgan fingerprint density at radius 1 is 1.47 bits per heavy atom. The Hall–Kier alpha value is -0.800. The van der Waals surface area contributed by atoms with Crippen LogP contribution in [0, 0.1) is 6.92 Å². The fourth-order valence-electron chi connectivity index (χ4n) is 2.77. The van der Waals surface area contributed by atoms with Crippen LogP contribution >= 0.6 is 0 Å². The van der Waals surface area contributed by atoms with Gasteiger partial charge in [0.25, 0.3) is 0 Å². The van der Waals surface area contributed by atoms with E-state index in [0.29, 0.717) is 0 Å². The van der Waals surface area contributed by atoms with Crippen molar-refractivity contribution in [2.24, 2.45) is 0 Å². The van der Waals surface area contributed by atoms with Crippen molar-refractivity contribution in [2.45, 2.75) is 51.7 Å². The summed E-state index contributed by atoms with van der Waals surface area (Å²) in [4.78, 5) is 0. The molecule has 0 spiro atoms. The van der Waals surface area contributed by atoms with E-state index in [2.05, 4.69) is 17.6 Å². The van der Waals surface area contributed by atoms with Crippen LogP contribution in [0.1, 0.15) is 48.7 Å². The molecule has 2 rings (SSSR count). The first-order chi connectivity index (χ1) is 8.24. The Bertz CT molecular complexity index is 371. The lowest BCUT2D eigenvalue weighted by Gasteiger charge is -2.20. The van der Waals surface area contributed by atoms with Crippen LogP contribution in [0.4, 0.5) is 0 Å². The van der Waals surface area contributed by atoms with Gasteiger partial charge in [-0.3, -0.25) is 0 Å². The molecule has 1 unspecified atom stereocenters. The molecule has 1 heterocycles.